The number of hydrogen-bond donors (Lipinski definition) is 0. The zero-order valence-corrected chi connectivity index (χ0v) is 12.7. The Labute approximate surface area is 123 Å². The second-order valence-electron chi connectivity index (χ2n) is 5.76. The molecule has 1 unspecified atom stereocenters. The largest absolute Gasteiger partial charge is 0.449 e. The summed E-state index contributed by atoms with van der Waals surface area (Å²) in [7, 11) is 0. The van der Waals surface area contributed by atoms with Crippen LogP contribution < -0.4 is 0 Å². The van der Waals surface area contributed by atoms with Crippen LogP contribution in [0.25, 0.3) is 11.0 Å². The summed E-state index contributed by atoms with van der Waals surface area (Å²) < 4.78 is 40.8. The minimum atomic E-state index is -4.42. The van der Waals surface area contributed by atoms with Crippen molar-refractivity contribution in [2.75, 3.05) is 0 Å². The molecule has 1 aromatic heterocycles. The maximum absolute atomic E-state index is 13.2. The van der Waals surface area contributed by atoms with E-state index in [9.17, 15) is 13.2 Å². The molecule has 5 heteroatoms. The maximum atomic E-state index is 13.2. The van der Waals surface area contributed by atoms with Crippen molar-refractivity contribution in [3.8, 4) is 0 Å². The molecule has 116 valence electrons. The fourth-order valence-electron chi connectivity index (χ4n) is 2.67. The van der Waals surface area contributed by atoms with Crippen LogP contribution in [0.2, 0.25) is 0 Å². The molecule has 0 spiro atoms. The van der Waals surface area contributed by atoms with Gasteiger partial charge in [-0.2, -0.15) is 13.2 Å². The first-order valence-electron chi connectivity index (χ1n) is 7.37. The normalized spacial score (nSPS) is 13.8. The number of fused-ring (bicyclic) bond motifs is 1. The maximum Gasteiger partial charge on any atom is 0.449 e. The number of aryl methyl sites for hydroxylation is 2. The Morgan fingerprint density at radius 1 is 1.24 bits per heavy atom. The molecule has 1 heterocycles. The van der Waals surface area contributed by atoms with Gasteiger partial charge in [-0.3, -0.25) is 0 Å². The van der Waals surface area contributed by atoms with Crippen LogP contribution in [0, 0.1) is 12.8 Å². The molecule has 0 N–H and O–H groups in total. The molecule has 0 bridgehead atoms. The molecule has 0 saturated carbocycles. The quantitative estimate of drug-likeness (QED) is 0.742. The topological polar surface area (TPSA) is 17.8 Å². The van der Waals surface area contributed by atoms with Crippen molar-refractivity contribution in [1.29, 1.82) is 0 Å². The van der Waals surface area contributed by atoms with Crippen LogP contribution in [0.4, 0.5) is 13.2 Å². The lowest BCUT2D eigenvalue weighted by molar-refractivity contribution is -0.147. The van der Waals surface area contributed by atoms with Gasteiger partial charge in [0.25, 0.3) is 0 Å². The summed E-state index contributed by atoms with van der Waals surface area (Å²) in [6, 6.07) is 5.27. The third kappa shape index (κ3) is 3.57. The van der Waals surface area contributed by atoms with Crippen molar-refractivity contribution in [3.63, 3.8) is 0 Å². The molecule has 2 nitrogen and oxygen atoms in total. The van der Waals surface area contributed by atoms with E-state index in [0.717, 1.165) is 24.8 Å². The van der Waals surface area contributed by atoms with Gasteiger partial charge in [0.2, 0.25) is 5.82 Å². The van der Waals surface area contributed by atoms with Gasteiger partial charge in [0.1, 0.15) is 0 Å². The van der Waals surface area contributed by atoms with Crippen LogP contribution in [0.15, 0.2) is 18.2 Å². The van der Waals surface area contributed by atoms with Crippen LogP contribution >= 0.6 is 0 Å². The standard InChI is InChI=1S/C16H21F3N2/c1-4-5-11(2)8-9-21-14-7-6-12(3)10-13(14)20-15(21)16(17,18)19/h6-7,10-11H,4-5,8-9H2,1-3H3. The minimum absolute atomic E-state index is 0.357. The van der Waals surface area contributed by atoms with Crippen LogP contribution in [-0.4, -0.2) is 9.55 Å². The number of nitrogens with zero attached hydrogens (tertiary/aromatic N) is 2. The molecule has 1 atom stereocenters. The molecule has 0 aliphatic carbocycles. The SMILES string of the molecule is CCCC(C)CCn1c(C(F)(F)F)nc2cc(C)ccc21. The number of imidazole rings is 1. The Morgan fingerprint density at radius 3 is 2.57 bits per heavy atom. The van der Waals surface area contributed by atoms with Crippen molar-refractivity contribution in [3.05, 3.63) is 29.6 Å². The molecule has 0 radical (unpaired) electrons. The summed E-state index contributed by atoms with van der Waals surface area (Å²) in [6.07, 6.45) is -1.60. The van der Waals surface area contributed by atoms with Crippen molar-refractivity contribution in [2.24, 2.45) is 5.92 Å². The zero-order chi connectivity index (χ0) is 15.6. The van der Waals surface area contributed by atoms with Gasteiger partial charge in [0.05, 0.1) is 11.0 Å². The average molecular weight is 298 g/mol. The van der Waals surface area contributed by atoms with E-state index >= 15 is 0 Å². The molecule has 0 amide bonds. The van der Waals surface area contributed by atoms with E-state index in [1.165, 1.54) is 4.57 Å². The number of hydrogen-bond acceptors (Lipinski definition) is 1. The van der Waals surface area contributed by atoms with Crippen LogP contribution in [0.3, 0.4) is 0 Å². The molecular weight excluding hydrogens is 277 g/mol. The molecule has 0 aliphatic rings. The Balaban J connectivity index is 2.39. The van der Waals surface area contributed by atoms with E-state index in [2.05, 4.69) is 18.8 Å². The van der Waals surface area contributed by atoms with E-state index in [-0.39, 0.29) is 0 Å². The number of rotatable bonds is 5. The van der Waals surface area contributed by atoms with Gasteiger partial charge in [-0.1, -0.05) is 32.8 Å². The van der Waals surface area contributed by atoms with Crippen LogP contribution in [-0.2, 0) is 12.7 Å². The number of aromatic nitrogens is 2. The van der Waals surface area contributed by atoms with Crippen molar-refractivity contribution >= 4 is 11.0 Å². The van der Waals surface area contributed by atoms with Gasteiger partial charge in [-0.05, 0) is 37.0 Å². The lowest BCUT2D eigenvalue weighted by Crippen LogP contribution is -2.16. The van der Waals surface area contributed by atoms with E-state index < -0.39 is 12.0 Å². The first-order valence-corrected chi connectivity index (χ1v) is 7.37. The molecule has 0 aliphatic heterocycles. The average Bonchev–Trinajstić information content (AvgIpc) is 2.74. The Hall–Kier alpha value is -1.52. The summed E-state index contributed by atoms with van der Waals surface area (Å²) >= 11 is 0. The molecule has 1 aromatic carbocycles. The molecule has 0 saturated heterocycles. The predicted molar refractivity (Wildman–Crippen MR) is 78.2 cm³/mol. The summed E-state index contributed by atoms with van der Waals surface area (Å²) in [5.41, 5.74) is 1.90. The van der Waals surface area contributed by atoms with E-state index in [0.29, 0.717) is 23.5 Å². The van der Waals surface area contributed by atoms with Crippen LogP contribution in [0.1, 0.15) is 44.5 Å². The van der Waals surface area contributed by atoms with Crippen LogP contribution in [0.5, 0.6) is 0 Å². The zero-order valence-electron chi connectivity index (χ0n) is 12.7. The van der Waals surface area contributed by atoms with Gasteiger partial charge in [0.15, 0.2) is 0 Å². The summed E-state index contributed by atoms with van der Waals surface area (Å²) in [6.45, 7) is 6.39. The Bertz CT molecular complexity index is 614. The van der Waals surface area contributed by atoms with Gasteiger partial charge < -0.3 is 4.57 Å². The van der Waals surface area contributed by atoms with E-state index in [4.69, 9.17) is 0 Å². The van der Waals surface area contributed by atoms with Gasteiger partial charge in [0, 0.05) is 6.54 Å². The molecular formula is C16H21F3N2. The van der Waals surface area contributed by atoms with Crippen molar-refractivity contribution < 1.29 is 13.2 Å². The molecule has 2 aromatic rings. The third-order valence-electron chi connectivity index (χ3n) is 3.78. The van der Waals surface area contributed by atoms with Crippen molar-refractivity contribution in [2.45, 2.75) is 52.8 Å². The minimum Gasteiger partial charge on any atom is -0.320 e. The molecule has 21 heavy (non-hydrogen) atoms. The highest BCUT2D eigenvalue weighted by Crippen LogP contribution is 2.32. The monoisotopic (exact) mass is 298 g/mol. The predicted octanol–water partition coefficient (Wildman–Crippen LogP) is 5.19. The fourth-order valence-corrected chi connectivity index (χ4v) is 2.67. The Kier molecular flexibility index (Phi) is 4.59. The van der Waals surface area contributed by atoms with E-state index in [1.54, 1.807) is 12.1 Å². The van der Waals surface area contributed by atoms with Gasteiger partial charge in [-0.15, -0.1) is 0 Å². The summed E-state index contributed by atoms with van der Waals surface area (Å²) in [5, 5.41) is 0. The number of benzene rings is 1. The van der Waals surface area contributed by atoms with Gasteiger partial charge >= 0.3 is 6.18 Å². The second-order valence-corrected chi connectivity index (χ2v) is 5.76. The fraction of sp³-hybridized carbons (Fsp3) is 0.562. The molecule has 0 fully saturated rings. The second kappa shape index (κ2) is 6.08. The highest BCUT2D eigenvalue weighted by atomic mass is 19.4. The van der Waals surface area contributed by atoms with Crippen molar-refractivity contribution in [1.82, 2.24) is 9.55 Å². The number of halogens is 3. The lowest BCUT2D eigenvalue weighted by Gasteiger charge is -2.14. The summed E-state index contributed by atoms with van der Waals surface area (Å²) in [4.78, 5) is 3.81. The lowest BCUT2D eigenvalue weighted by atomic mass is 10.0. The smallest absolute Gasteiger partial charge is 0.320 e. The third-order valence-corrected chi connectivity index (χ3v) is 3.78. The molecule has 2 rings (SSSR count). The first kappa shape index (κ1) is 15.9. The summed E-state index contributed by atoms with van der Waals surface area (Å²) in [5.74, 6) is -0.370. The van der Waals surface area contributed by atoms with E-state index in [1.807, 2.05) is 13.0 Å². The van der Waals surface area contributed by atoms with Gasteiger partial charge in [-0.25, -0.2) is 4.98 Å². The highest BCUT2D eigenvalue weighted by molar-refractivity contribution is 5.77. The number of alkyl halides is 3. The Morgan fingerprint density at radius 2 is 1.95 bits per heavy atom. The highest BCUT2D eigenvalue weighted by Gasteiger charge is 2.37. The first-order chi connectivity index (χ1) is 9.82.